The predicted octanol–water partition coefficient (Wildman–Crippen LogP) is 5.76. The van der Waals surface area contributed by atoms with Crippen LogP contribution in [-0.2, 0) is 19.1 Å². The average Bonchev–Trinajstić information content (AvgIpc) is 2.93. The first-order valence-electron chi connectivity index (χ1n) is 14.6. The molecule has 0 aromatic rings. The van der Waals surface area contributed by atoms with Gasteiger partial charge in [0.1, 0.15) is 6.07 Å². The normalized spacial score (nSPS) is 47.0. The Kier molecular flexibility index (Phi) is 5.90. The lowest BCUT2D eigenvalue weighted by Crippen LogP contribution is -2.68. The Bertz CT molecular complexity index is 1160. The van der Waals surface area contributed by atoms with E-state index in [4.69, 9.17) is 4.74 Å². The van der Waals surface area contributed by atoms with Crippen LogP contribution in [0.25, 0.3) is 0 Å². The second kappa shape index (κ2) is 8.18. The molecule has 0 aromatic carbocycles. The number of hydrogen-bond donors (Lipinski definition) is 1. The maximum absolute atomic E-state index is 13.9. The number of fused-ring (bicyclic) bond motifs is 7. The van der Waals surface area contributed by atoms with Gasteiger partial charge in [-0.15, -0.1) is 0 Å². The number of allylic oxidation sites excluding steroid dienone is 2. The van der Waals surface area contributed by atoms with Crippen molar-refractivity contribution < 1.29 is 19.1 Å². The Morgan fingerprint density at radius 2 is 1.63 bits per heavy atom. The molecule has 1 amide bonds. The molecule has 5 aliphatic rings. The Balaban J connectivity index is 1.67. The van der Waals surface area contributed by atoms with Crippen LogP contribution in [0.2, 0.25) is 0 Å². The predicted molar refractivity (Wildman–Crippen MR) is 144 cm³/mol. The van der Waals surface area contributed by atoms with E-state index in [9.17, 15) is 19.6 Å². The lowest BCUT2D eigenvalue weighted by molar-refractivity contribution is -0.194. The van der Waals surface area contributed by atoms with Crippen LogP contribution < -0.4 is 5.32 Å². The fourth-order valence-corrected chi connectivity index (χ4v) is 10.6. The van der Waals surface area contributed by atoms with Gasteiger partial charge >= 0.3 is 5.97 Å². The number of amides is 1. The molecule has 1 aliphatic heterocycles. The molecule has 1 N–H and O–H groups in total. The summed E-state index contributed by atoms with van der Waals surface area (Å²) in [4.78, 5) is 40.6. The topological polar surface area (TPSA) is 96.3 Å². The SMILES string of the molecule is COC(=O)C12CCC(C)(C)C[C@H]1[C@H]1NC(=O)C[C@@H]3[C@@]4(C)C=C(C#N)C(=O)C(C)(C)[C@@H]4CC[C@@]3(C)[C@]1(C)CC2. The van der Waals surface area contributed by atoms with E-state index in [0.29, 0.717) is 6.42 Å². The number of ether oxygens (including phenoxy) is 1. The molecule has 0 radical (unpaired) electrons. The highest BCUT2D eigenvalue weighted by atomic mass is 16.5. The highest BCUT2D eigenvalue weighted by molar-refractivity contribution is 6.04. The number of carbonyl (C=O) groups is 3. The van der Waals surface area contributed by atoms with E-state index in [0.717, 1.165) is 44.9 Å². The van der Waals surface area contributed by atoms with Crippen LogP contribution >= 0.6 is 0 Å². The fourth-order valence-electron chi connectivity index (χ4n) is 10.6. The lowest BCUT2D eigenvalue weighted by atomic mass is 9.36. The molecule has 4 aliphatic carbocycles. The van der Waals surface area contributed by atoms with Gasteiger partial charge in [-0.2, -0.15) is 5.26 Å². The highest BCUT2D eigenvalue weighted by Crippen LogP contribution is 2.72. The van der Waals surface area contributed by atoms with E-state index in [-0.39, 0.29) is 63.3 Å². The van der Waals surface area contributed by atoms with E-state index in [1.165, 1.54) is 7.11 Å². The number of methoxy groups -OCH3 is 1. The smallest absolute Gasteiger partial charge is 0.312 e. The van der Waals surface area contributed by atoms with E-state index < -0.39 is 16.2 Å². The van der Waals surface area contributed by atoms with Crippen molar-refractivity contribution >= 4 is 17.7 Å². The van der Waals surface area contributed by atoms with Gasteiger partial charge in [-0.05, 0) is 84.4 Å². The molecule has 3 saturated carbocycles. The minimum atomic E-state index is -0.654. The third kappa shape index (κ3) is 3.32. The number of esters is 1. The molecule has 1 unspecified atom stereocenters. The Hall–Kier alpha value is -2.16. The van der Waals surface area contributed by atoms with E-state index >= 15 is 0 Å². The maximum Gasteiger partial charge on any atom is 0.312 e. The first kappa shape index (κ1) is 27.4. The first-order chi connectivity index (χ1) is 17.5. The van der Waals surface area contributed by atoms with Crippen molar-refractivity contribution in [3.05, 3.63) is 11.6 Å². The van der Waals surface area contributed by atoms with Gasteiger partial charge in [-0.25, -0.2) is 0 Å². The fraction of sp³-hybridized carbons (Fsp3) is 0.812. The second-order valence-electron chi connectivity index (χ2n) is 15.4. The molecule has 1 saturated heterocycles. The molecule has 0 spiro atoms. The number of nitriles is 1. The van der Waals surface area contributed by atoms with Gasteiger partial charge in [0, 0.05) is 17.9 Å². The number of Topliss-reactive ketones (excluding diaryl/α,β-unsaturated/α-hetero) is 1. The summed E-state index contributed by atoms with van der Waals surface area (Å²) < 4.78 is 5.44. The molecular weight excluding hydrogens is 476 g/mol. The van der Waals surface area contributed by atoms with E-state index in [1.807, 2.05) is 19.9 Å². The summed E-state index contributed by atoms with van der Waals surface area (Å²) >= 11 is 0. The van der Waals surface area contributed by atoms with Gasteiger partial charge in [0.15, 0.2) is 5.78 Å². The number of hydrogen-bond acceptors (Lipinski definition) is 5. The van der Waals surface area contributed by atoms with Gasteiger partial charge in [0.05, 0.1) is 18.1 Å². The molecule has 5 rings (SSSR count). The molecule has 38 heavy (non-hydrogen) atoms. The van der Waals surface area contributed by atoms with Gasteiger partial charge in [0.2, 0.25) is 5.91 Å². The molecular formula is C32H46N2O4. The Morgan fingerprint density at radius 3 is 2.26 bits per heavy atom. The number of nitrogens with zero attached hydrogens (tertiary/aromatic N) is 1. The van der Waals surface area contributed by atoms with Crippen molar-refractivity contribution in [2.45, 2.75) is 106 Å². The maximum atomic E-state index is 13.9. The molecule has 6 heteroatoms. The zero-order valence-corrected chi connectivity index (χ0v) is 24.6. The molecule has 0 aromatic heterocycles. The summed E-state index contributed by atoms with van der Waals surface area (Å²) in [6.07, 6.45) is 8.38. The molecule has 4 fully saturated rings. The highest BCUT2D eigenvalue weighted by Gasteiger charge is 2.71. The first-order valence-corrected chi connectivity index (χ1v) is 14.6. The van der Waals surface area contributed by atoms with Crippen LogP contribution in [0, 0.1) is 61.6 Å². The standard InChI is InChI=1S/C32H46N2O4/c1-27(2)11-13-32(26(37)38-8)14-12-31(7)24(20(32)17-27)34-23(35)15-22-29(5)16-19(18-33)25(36)28(3,4)21(29)9-10-30(22,31)6/h16,20-22,24H,9-15,17H2,1-8H3,(H,34,35)/t20-,21-,22+,24+,29-,30+,31+,32?/m0/s1. The third-order valence-electron chi connectivity index (χ3n) is 13.0. The largest absolute Gasteiger partial charge is 0.469 e. The van der Waals surface area contributed by atoms with Gasteiger partial charge in [-0.3, -0.25) is 14.4 Å². The quantitative estimate of drug-likeness (QED) is 0.442. The molecule has 1 heterocycles. The molecule has 6 nitrogen and oxygen atoms in total. The Labute approximate surface area is 228 Å². The minimum absolute atomic E-state index is 0.0112. The van der Waals surface area contributed by atoms with Crippen molar-refractivity contribution in [3.63, 3.8) is 0 Å². The van der Waals surface area contributed by atoms with Crippen LogP contribution in [0.5, 0.6) is 0 Å². The van der Waals surface area contributed by atoms with Gasteiger partial charge < -0.3 is 10.1 Å². The van der Waals surface area contributed by atoms with Crippen molar-refractivity contribution in [2.24, 2.45) is 50.2 Å². The summed E-state index contributed by atoms with van der Waals surface area (Å²) in [5.41, 5.74) is -1.79. The summed E-state index contributed by atoms with van der Waals surface area (Å²) in [5, 5.41) is 13.4. The Morgan fingerprint density at radius 1 is 0.974 bits per heavy atom. The average molecular weight is 523 g/mol. The molecule has 8 atom stereocenters. The second-order valence-corrected chi connectivity index (χ2v) is 15.4. The van der Waals surface area contributed by atoms with Crippen molar-refractivity contribution in [1.29, 1.82) is 5.26 Å². The minimum Gasteiger partial charge on any atom is -0.469 e. The summed E-state index contributed by atoms with van der Waals surface area (Å²) in [6.45, 7) is 15.5. The van der Waals surface area contributed by atoms with Gasteiger partial charge in [-0.1, -0.05) is 54.5 Å². The van der Waals surface area contributed by atoms with E-state index in [1.54, 1.807) is 0 Å². The molecule has 0 bridgehead atoms. The monoisotopic (exact) mass is 522 g/mol. The van der Waals surface area contributed by atoms with Crippen LogP contribution in [0.1, 0.15) is 99.8 Å². The van der Waals surface area contributed by atoms with Gasteiger partial charge in [0.25, 0.3) is 0 Å². The zero-order chi connectivity index (χ0) is 28.1. The van der Waals surface area contributed by atoms with Crippen LogP contribution in [0.15, 0.2) is 11.6 Å². The number of ketones is 1. The third-order valence-corrected chi connectivity index (χ3v) is 13.0. The van der Waals surface area contributed by atoms with Crippen molar-refractivity contribution in [3.8, 4) is 6.07 Å². The lowest BCUT2D eigenvalue weighted by Gasteiger charge is -2.68. The van der Waals surface area contributed by atoms with Crippen LogP contribution in [-0.4, -0.2) is 30.8 Å². The number of rotatable bonds is 1. The summed E-state index contributed by atoms with van der Waals surface area (Å²) in [7, 11) is 1.50. The van der Waals surface area contributed by atoms with E-state index in [2.05, 4.69) is 46.0 Å². The van der Waals surface area contributed by atoms with Crippen LogP contribution in [0.4, 0.5) is 0 Å². The van der Waals surface area contributed by atoms with Crippen LogP contribution in [0.3, 0.4) is 0 Å². The van der Waals surface area contributed by atoms with Crippen molar-refractivity contribution in [2.75, 3.05) is 7.11 Å². The summed E-state index contributed by atoms with van der Waals surface area (Å²) in [5.74, 6) is -0.0958. The number of carbonyl (C=O) groups excluding carboxylic acids is 3. The summed E-state index contributed by atoms with van der Waals surface area (Å²) in [6, 6.07) is 2.07. The zero-order valence-electron chi connectivity index (χ0n) is 24.6. The van der Waals surface area contributed by atoms with Crippen molar-refractivity contribution in [1.82, 2.24) is 5.32 Å². The number of nitrogens with one attached hydrogen (secondary N) is 1. The molecule has 208 valence electrons.